The van der Waals surface area contributed by atoms with E-state index in [0.29, 0.717) is 0 Å². The van der Waals surface area contributed by atoms with Crippen LogP contribution in [-0.4, -0.2) is 27.0 Å². The number of hydrogen-bond acceptors (Lipinski definition) is 4. The van der Waals surface area contributed by atoms with E-state index in [2.05, 4.69) is 15.3 Å². The molecule has 0 saturated carbocycles. The van der Waals surface area contributed by atoms with Crippen LogP contribution in [0.25, 0.3) is 0 Å². The van der Waals surface area contributed by atoms with Crippen LogP contribution in [-0.2, 0) is 4.79 Å². The Morgan fingerprint density at radius 2 is 2.05 bits per heavy atom. The molecule has 0 fully saturated rings. The van der Waals surface area contributed by atoms with Crippen LogP contribution in [0.4, 0.5) is 0 Å². The van der Waals surface area contributed by atoms with Crippen molar-refractivity contribution in [2.75, 3.05) is 0 Å². The van der Waals surface area contributed by atoms with Gasteiger partial charge in [0, 0.05) is 0 Å². The van der Waals surface area contributed by atoms with Crippen LogP contribution < -0.4 is 5.32 Å². The number of hydrogen-bond donors (Lipinski definition) is 2. The standard InChI is InChI=1S/C15H14ClN3O3/c1-9-4-2-3-5-10(9)11(6-14(20)21)19-15(22)12-7-17-8-13(16)18-12/h2-5,7-8,11H,6H2,1H3,(H,19,22)(H,20,21). The molecular formula is C15H14ClN3O3. The summed E-state index contributed by atoms with van der Waals surface area (Å²) in [5.41, 5.74) is 1.68. The maximum atomic E-state index is 12.2. The molecule has 1 aromatic carbocycles. The lowest BCUT2D eigenvalue weighted by Crippen LogP contribution is -2.31. The molecular weight excluding hydrogens is 306 g/mol. The molecule has 7 heteroatoms. The number of carbonyl (C=O) groups is 2. The summed E-state index contributed by atoms with van der Waals surface area (Å²) in [5.74, 6) is -1.53. The predicted octanol–water partition coefficient (Wildman–Crippen LogP) is 2.38. The maximum Gasteiger partial charge on any atom is 0.305 e. The third-order valence-corrected chi connectivity index (χ3v) is 3.27. The first-order valence-electron chi connectivity index (χ1n) is 6.53. The molecule has 0 saturated heterocycles. The summed E-state index contributed by atoms with van der Waals surface area (Å²) in [6.07, 6.45) is 2.36. The molecule has 1 atom stereocenters. The van der Waals surface area contributed by atoms with Crippen LogP contribution in [0.1, 0.15) is 34.1 Å². The zero-order valence-electron chi connectivity index (χ0n) is 11.8. The third-order valence-electron chi connectivity index (χ3n) is 3.09. The molecule has 22 heavy (non-hydrogen) atoms. The molecule has 0 aliphatic heterocycles. The van der Waals surface area contributed by atoms with E-state index in [0.717, 1.165) is 11.1 Å². The predicted molar refractivity (Wildman–Crippen MR) is 80.7 cm³/mol. The average Bonchev–Trinajstić information content (AvgIpc) is 2.46. The molecule has 6 nitrogen and oxygen atoms in total. The summed E-state index contributed by atoms with van der Waals surface area (Å²) >= 11 is 5.70. The van der Waals surface area contributed by atoms with E-state index in [1.54, 1.807) is 12.1 Å². The second kappa shape index (κ2) is 7.00. The molecule has 1 heterocycles. The van der Waals surface area contributed by atoms with Crippen LogP contribution in [0.2, 0.25) is 5.15 Å². The highest BCUT2D eigenvalue weighted by molar-refractivity contribution is 6.29. The van der Waals surface area contributed by atoms with Gasteiger partial charge in [0.15, 0.2) is 0 Å². The van der Waals surface area contributed by atoms with Crippen LogP contribution >= 0.6 is 11.6 Å². The molecule has 0 spiro atoms. The molecule has 0 aliphatic rings. The summed E-state index contributed by atoms with van der Waals surface area (Å²) in [5, 5.41) is 11.8. The van der Waals surface area contributed by atoms with Gasteiger partial charge in [0.2, 0.25) is 0 Å². The smallest absolute Gasteiger partial charge is 0.305 e. The fourth-order valence-electron chi connectivity index (χ4n) is 2.07. The van der Waals surface area contributed by atoms with Gasteiger partial charge < -0.3 is 10.4 Å². The zero-order chi connectivity index (χ0) is 16.1. The van der Waals surface area contributed by atoms with Crippen molar-refractivity contribution in [3.8, 4) is 0 Å². The fraction of sp³-hybridized carbons (Fsp3) is 0.200. The SMILES string of the molecule is Cc1ccccc1C(CC(=O)O)NC(=O)c1cncc(Cl)n1. The molecule has 2 rings (SSSR count). The number of aromatic nitrogens is 2. The van der Waals surface area contributed by atoms with Crippen molar-refractivity contribution in [3.63, 3.8) is 0 Å². The van der Waals surface area contributed by atoms with Gasteiger partial charge in [-0.25, -0.2) is 4.98 Å². The Morgan fingerprint density at radius 3 is 2.68 bits per heavy atom. The van der Waals surface area contributed by atoms with Gasteiger partial charge in [-0.05, 0) is 18.1 Å². The minimum Gasteiger partial charge on any atom is -0.481 e. The number of carbonyl (C=O) groups excluding carboxylic acids is 1. The van der Waals surface area contributed by atoms with Crippen molar-refractivity contribution in [2.45, 2.75) is 19.4 Å². The van der Waals surface area contributed by atoms with Crippen molar-refractivity contribution >= 4 is 23.5 Å². The average molecular weight is 320 g/mol. The minimum absolute atomic E-state index is 0.0384. The highest BCUT2D eigenvalue weighted by atomic mass is 35.5. The van der Waals surface area contributed by atoms with E-state index >= 15 is 0 Å². The van der Waals surface area contributed by atoms with Crippen LogP contribution in [0, 0.1) is 6.92 Å². The number of amides is 1. The fourth-order valence-corrected chi connectivity index (χ4v) is 2.22. The first kappa shape index (κ1) is 15.9. The molecule has 2 N–H and O–H groups in total. The van der Waals surface area contributed by atoms with Gasteiger partial charge in [-0.15, -0.1) is 0 Å². The molecule has 114 valence electrons. The van der Waals surface area contributed by atoms with Crippen molar-refractivity contribution in [3.05, 3.63) is 58.6 Å². The Kier molecular flexibility index (Phi) is 5.06. The molecule has 0 radical (unpaired) electrons. The monoisotopic (exact) mass is 319 g/mol. The molecule has 1 unspecified atom stereocenters. The van der Waals surface area contributed by atoms with Crippen molar-refractivity contribution in [1.29, 1.82) is 0 Å². The van der Waals surface area contributed by atoms with Crippen LogP contribution in [0.3, 0.4) is 0 Å². The number of nitrogens with one attached hydrogen (secondary N) is 1. The second-order valence-electron chi connectivity index (χ2n) is 4.71. The van der Waals surface area contributed by atoms with Gasteiger partial charge in [0.05, 0.1) is 24.9 Å². The maximum absolute atomic E-state index is 12.2. The number of rotatable bonds is 5. The van der Waals surface area contributed by atoms with Gasteiger partial charge in [-0.2, -0.15) is 0 Å². The highest BCUT2D eigenvalue weighted by Crippen LogP contribution is 2.21. The molecule has 1 amide bonds. The molecule has 0 bridgehead atoms. The topological polar surface area (TPSA) is 92.2 Å². The lowest BCUT2D eigenvalue weighted by molar-refractivity contribution is -0.137. The number of carboxylic acids is 1. The van der Waals surface area contributed by atoms with E-state index in [4.69, 9.17) is 16.7 Å². The van der Waals surface area contributed by atoms with E-state index in [1.165, 1.54) is 12.4 Å². The van der Waals surface area contributed by atoms with E-state index in [-0.39, 0.29) is 17.3 Å². The first-order chi connectivity index (χ1) is 10.5. The zero-order valence-corrected chi connectivity index (χ0v) is 12.5. The second-order valence-corrected chi connectivity index (χ2v) is 5.09. The summed E-state index contributed by atoms with van der Waals surface area (Å²) in [6, 6.07) is 6.62. The summed E-state index contributed by atoms with van der Waals surface area (Å²) in [7, 11) is 0. The number of benzene rings is 1. The van der Waals surface area contributed by atoms with E-state index in [9.17, 15) is 9.59 Å². The van der Waals surface area contributed by atoms with E-state index < -0.39 is 17.9 Å². The Balaban J connectivity index is 2.25. The lowest BCUT2D eigenvalue weighted by atomic mass is 9.98. The van der Waals surface area contributed by atoms with Crippen molar-refractivity contribution in [2.24, 2.45) is 0 Å². The Morgan fingerprint density at radius 1 is 1.32 bits per heavy atom. The summed E-state index contributed by atoms with van der Waals surface area (Å²) < 4.78 is 0. The Labute approximate surface area is 132 Å². The number of nitrogens with zero attached hydrogens (tertiary/aromatic N) is 2. The number of aryl methyl sites for hydroxylation is 1. The largest absolute Gasteiger partial charge is 0.481 e. The number of aliphatic carboxylic acids is 1. The van der Waals surface area contributed by atoms with Crippen LogP contribution in [0.15, 0.2) is 36.7 Å². The van der Waals surface area contributed by atoms with Crippen LogP contribution in [0.5, 0.6) is 0 Å². The molecule has 0 aliphatic carbocycles. The molecule has 2 aromatic rings. The quantitative estimate of drug-likeness (QED) is 0.882. The lowest BCUT2D eigenvalue weighted by Gasteiger charge is -2.19. The Hall–Kier alpha value is -2.47. The van der Waals surface area contributed by atoms with Gasteiger partial charge in [0.25, 0.3) is 5.91 Å². The minimum atomic E-state index is -1.01. The van der Waals surface area contributed by atoms with Crippen molar-refractivity contribution in [1.82, 2.24) is 15.3 Å². The first-order valence-corrected chi connectivity index (χ1v) is 6.91. The molecule has 1 aromatic heterocycles. The normalized spacial score (nSPS) is 11.7. The summed E-state index contributed by atoms with van der Waals surface area (Å²) in [4.78, 5) is 30.9. The number of halogens is 1. The summed E-state index contributed by atoms with van der Waals surface area (Å²) in [6.45, 7) is 1.86. The van der Waals surface area contributed by atoms with Gasteiger partial charge in [-0.3, -0.25) is 14.6 Å². The van der Waals surface area contributed by atoms with Gasteiger partial charge in [-0.1, -0.05) is 35.9 Å². The highest BCUT2D eigenvalue weighted by Gasteiger charge is 2.21. The van der Waals surface area contributed by atoms with Gasteiger partial charge >= 0.3 is 5.97 Å². The van der Waals surface area contributed by atoms with Gasteiger partial charge in [0.1, 0.15) is 10.8 Å². The van der Waals surface area contributed by atoms with E-state index in [1.807, 2.05) is 19.1 Å². The Bertz CT molecular complexity index is 706. The van der Waals surface area contributed by atoms with Crippen molar-refractivity contribution < 1.29 is 14.7 Å². The third kappa shape index (κ3) is 4.02. The number of carboxylic acid groups (broad SMARTS) is 1.